The highest BCUT2D eigenvalue weighted by Crippen LogP contribution is 2.41. The second-order valence-electron chi connectivity index (χ2n) is 11.6. The van der Waals surface area contributed by atoms with Crippen LogP contribution in [0.25, 0.3) is 38.8 Å². The van der Waals surface area contributed by atoms with Crippen LogP contribution in [-0.2, 0) is 5.41 Å². The maximum absolute atomic E-state index is 6.22. The monoisotopic (exact) mass is 509 g/mol. The van der Waals surface area contributed by atoms with Crippen LogP contribution in [0.2, 0.25) is 0 Å². The largest absolute Gasteiger partial charge is 0.439 e. The second kappa shape index (κ2) is 9.09. The highest BCUT2D eigenvalue weighted by molar-refractivity contribution is 6.10. The van der Waals surface area contributed by atoms with E-state index in [2.05, 4.69) is 97.1 Å². The molecule has 0 atom stereocenters. The summed E-state index contributed by atoms with van der Waals surface area (Å²) in [6, 6.07) is 32.1. The van der Waals surface area contributed by atoms with Crippen molar-refractivity contribution in [2.45, 2.75) is 44.9 Å². The van der Waals surface area contributed by atoms with Crippen LogP contribution < -0.4 is 4.74 Å². The lowest BCUT2D eigenvalue weighted by atomic mass is 9.88. The Morgan fingerprint density at radius 1 is 0.718 bits per heavy atom. The number of aromatic nitrogens is 3. The Labute approximate surface area is 228 Å². The minimum absolute atomic E-state index is 0.0315. The first-order valence-corrected chi connectivity index (χ1v) is 13.7. The lowest BCUT2D eigenvalue weighted by Gasteiger charge is -2.19. The van der Waals surface area contributed by atoms with Gasteiger partial charge in [-0.15, -0.1) is 0 Å². The number of benzene rings is 3. The minimum Gasteiger partial charge on any atom is -0.439 e. The molecule has 0 N–H and O–H groups in total. The van der Waals surface area contributed by atoms with E-state index in [0.717, 1.165) is 28.2 Å². The zero-order valence-electron chi connectivity index (χ0n) is 22.6. The van der Waals surface area contributed by atoms with Gasteiger partial charge in [0.25, 0.3) is 0 Å². The van der Waals surface area contributed by atoms with Gasteiger partial charge in [-0.25, -0.2) is 9.97 Å². The molecule has 1 saturated carbocycles. The van der Waals surface area contributed by atoms with E-state index < -0.39 is 0 Å². The molecule has 3 aromatic carbocycles. The number of pyridine rings is 2. The third-order valence-electron chi connectivity index (χ3n) is 7.71. The molecular weight excluding hydrogens is 478 g/mol. The molecule has 4 nitrogen and oxygen atoms in total. The average molecular weight is 510 g/mol. The molecule has 192 valence electrons. The van der Waals surface area contributed by atoms with Crippen molar-refractivity contribution in [3.8, 4) is 28.6 Å². The fraction of sp³-hybridized carbons (Fsp3) is 0.200. The molecular formula is C35H31N3O. The summed E-state index contributed by atoms with van der Waals surface area (Å²) >= 11 is 0. The number of rotatable bonds is 5. The summed E-state index contributed by atoms with van der Waals surface area (Å²) in [4.78, 5) is 9.27. The molecule has 0 unspecified atom stereocenters. The molecule has 0 radical (unpaired) electrons. The zero-order chi connectivity index (χ0) is 26.6. The first-order chi connectivity index (χ1) is 18.9. The second-order valence-corrected chi connectivity index (χ2v) is 11.6. The number of nitrogens with zero attached hydrogens (tertiary/aromatic N) is 3. The Morgan fingerprint density at radius 2 is 1.51 bits per heavy atom. The van der Waals surface area contributed by atoms with Crippen LogP contribution in [0, 0.1) is 0 Å². The Morgan fingerprint density at radius 3 is 2.36 bits per heavy atom. The molecule has 0 bridgehead atoms. The molecule has 0 saturated heterocycles. The van der Waals surface area contributed by atoms with Crippen molar-refractivity contribution in [3.05, 3.63) is 115 Å². The number of hydrogen-bond acceptors (Lipinski definition) is 3. The van der Waals surface area contributed by atoms with E-state index in [9.17, 15) is 0 Å². The van der Waals surface area contributed by atoms with Gasteiger partial charge in [0.15, 0.2) is 0 Å². The van der Waals surface area contributed by atoms with Crippen LogP contribution in [0.5, 0.6) is 11.6 Å². The fourth-order valence-electron chi connectivity index (χ4n) is 5.42. The van der Waals surface area contributed by atoms with E-state index in [-0.39, 0.29) is 5.41 Å². The Bertz CT molecular complexity index is 1840. The topological polar surface area (TPSA) is 39.9 Å². The molecule has 0 spiro atoms. The molecule has 0 aliphatic heterocycles. The molecule has 3 aromatic heterocycles. The molecule has 7 rings (SSSR count). The van der Waals surface area contributed by atoms with Crippen LogP contribution >= 0.6 is 0 Å². The van der Waals surface area contributed by atoms with Crippen molar-refractivity contribution in [1.29, 1.82) is 0 Å². The smallest absolute Gasteiger partial charge is 0.219 e. The van der Waals surface area contributed by atoms with E-state index in [4.69, 9.17) is 9.72 Å². The van der Waals surface area contributed by atoms with Gasteiger partial charge >= 0.3 is 0 Å². The number of para-hydroxylation sites is 1. The van der Waals surface area contributed by atoms with Crippen molar-refractivity contribution >= 4 is 21.8 Å². The fourth-order valence-corrected chi connectivity index (χ4v) is 5.42. The quantitative estimate of drug-likeness (QED) is 0.232. The van der Waals surface area contributed by atoms with Crippen LogP contribution in [-0.4, -0.2) is 14.5 Å². The van der Waals surface area contributed by atoms with Crippen LogP contribution in [0.1, 0.15) is 50.7 Å². The third-order valence-corrected chi connectivity index (χ3v) is 7.71. The lowest BCUT2D eigenvalue weighted by Crippen LogP contribution is -2.11. The molecule has 1 aliphatic rings. The lowest BCUT2D eigenvalue weighted by molar-refractivity contribution is 0.459. The number of ether oxygens (including phenoxy) is 1. The Balaban J connectivity index is 1.31. The van der Waals surface area contributed by atoms with Gasteiger partial charge < -0.3 is 4.74 Å². The summed E-state index contributed by atoms with van der Waals surface area (Å²) in [7, 11) is 0. The summed E-state index contributed by atoms with van der Waals surface area (Å²) in [6.07, 6.45) is 6.32. The van der Waals surface area contributed by atoms with E-state index in [1.165, 1.54) is 40.3 Å². The van der Waals surface area contributed by atoms with Crippen molar-refractivity contribution in [2.24, 2.45) is 0 Å². The first-order valence-electron chi connectivity index (χ1n) is 13.7. The first kappa shape index (κ1) is 23.7. The zero-order valence-corrected chi connectivity index (χ0v) is 22.6. The van der Waals surface area contributed by atoms with E-state index >= 15 is 0 Å². The summed E-state index contributed by atoms with van der Waals surface area (Å²) in [6.45, 7) is 6.58. The highest BCUT2D eigenvalue weighted by Gasteiger charge is 2.24. The van der Waals surface area contributed by atoms with Crippen molar-refractivity contribution < 1.29 is 4.74 Å². The van der Waals surface area contributed by atoms with Crippen molar-refractivity contribution in [2.75, 3.05) is 0 Å². The number of hydrogen-bond donors (Lipinski definition) is 0. The van der Waals surface area contributed by atoms with Crippen LogP contribution in [0.15, 0.2) is 103 Å². The predicted molar refractivity (Wildman–Crippen MR) is 159 cm³/mol. The molecule has 3 heterocycles. The van der Waals surface area contributed by atoms with Crippen LogP contribution in [0.4, 0.5) is 0 Å². The number of fused-ring (bicyclic) bond motifs is 3. The highest BCUT2D eigenvalue weighted by atomic mass is 16.5. The van der Waals surface area contributed by atoms with E-state index in [0.29, 0.717) is 11.8 Å². The standard InChI is InChI=1S/C35H31N3O/c1-35(2,3)27-16-18-37-34(22-27)39-28-8-6-7-24(19-28)25-13-14-30-29-9-4-5-10-31(29)38(32(30)20-25)33-21-26(15-17-36-33)23-11-12-23/h4-10,13-23H,11-12H2,1-3H3. The van der Waals surface area contributed by atoms with Crippen molar-refractivity contribution in [3.63, 3.8) is 0 Å². The maximum atomic E-state index is 6.22. The van der Waals surface area contributed by atoms with Gasteiger partial charge in [0, 0.05) is 29.2 Å². The van der Waals surface area contributed by atoms with Crippen LogP contribution in [0.3, 0.4) is 0 Å². The maximum Gasteiger partial charge on any atom is 0.219 e. The van der Waals surface area contributed by atoms with E-state index in [1.807, 2.05) is 36.7 Å². The van der Waals surface area contributed by atoms with Gasteiger partial charge in [-0.2, -0.15) is 0 Å². The normalized spacial score (nSPS) is 13.7. The SMILES string of the molecule is CC(C)(C)c1ccnc(Oc2cccc(-c3ccc4c5ccccc5n(-c5cc(C6CC6)ccn5)c4c3)c2)c1. The predicted octanol–water partition coefficient (Wildman–Crippen LogP) is 9.21. The Hall–Kier alpha value is -4.44. The summed E-state index contributed by atoms with van der Waals surface area (Å²) in [5.41, 5.74) is 7.16. The van der Waals surface area contributed by atoms with Gasteiger partial charge in [0.2, 0.25) is 5.88 Å². The summed E-state index contributed by atoms with van der Waals surface area (Å²) < 4.78 is 8.53. The van der Waals surface area contributed by atoms with E-state index in [1.54, 1.807) is 0 Å². The molecule has 0 amide bonds. The minimum atomic E-state index is 0.0315. The molecule has 39 heavy (non-hydrogen) atoms. The van der Waals surface area contributed by atoms with Gasteiger partial charge in [0.1, 0.15) is 11.6 Å². The molecule has 4 heteroatoms. The van der Waals surface area contributed by atoms with Gasteiger partial charge in [-0.1, -0.05) is 63.2 Å². The van der Waals surface area contributed by atoms with Gasteiger partial charge in [-0.3, -0.25) is 4.57 Å². The Kier molecular flexibility index (Phi) is 5.52. The van der Waals surface area contributed by atoms with Gasteiger partial charge in [0.05, 0.1) is 11.0 Å². The summed E-state index contributed by atoms with van der Waals surface area (Å²) in [5, 5.41) is 2.46. The van der Waals surface area contributed by atoms with Crippen molar-refractivity contribution in [1.82, 2.24) is 14.5 Å². The molecule has 1 fully saturated rings. The summed E-state index contributed by atoms with van der Waals surface area (Å²) in [5.74, 6) is 3.03. The molecule has 6 aromatic rings. The third kappa shape index (κ3) is 4.46. The molecule has 1 aliphatic carbocycles. The van der Waals surface area contributed by atoms with Gasteiger partial charge in [-0.05, 0) is 88.9 Å². The average Bonchev–Trinajstić information content (AvgIpc) is 3.75.